The maximum Gasteiger partial charge on any atom is 0.336 e. The van der Waals surface area contributed by atoms with E-state index in [0.717, 1.165) is 30.1 Å². The number of aromatic carboxylic acids is 1. The Kier molecular flexibility index (Phi) is 4.88. The van der Waals surface area contributed by atoms with E-state index in [1.165, 1.54) is 0 Å². The van der Waals surface area contributed by atoms with E-state index in [1.807, 2.05) is 29.8 Å². The molecule has 0 spiro atoms. The number of carboxylic acids is 1. The Morgan fingerprint density at radius 3 is 2.68 bits per heavy atom. The van der Waals surface area contributed by atoms with E-state index in [-0.39, 0.29) is 5.56 Å². The van der Waals surface area contributed by atoms with Crippen molar-refractivity contribution in [3.8, 4) is 11.3 Å². The molecular weight excluding hydrogens is 316 g/mol. The number of nitrogens with zero attached hydrogens (tertiary/aromatic N) is 4. The highest BCUT2D eigenvalue weighted by Crippen LogP contribution is 2.22. The Hall–Kier alpha value is -3.02. The highest BCUT2D eigenvalue weighted by atomic mass is 16.4. The fourth-order valence-corrected chi connectivity index (χ4v) is 2.78. The number of aryl methyl sites for hydroxylation is 2. The third kappa shape index (κ3) is 3.74. The summed E-state index contributed by atoms with van der Waals surface area (Å²) in [6.45, 7) is 4.61. The van der Waals surface area contributed by atoms with Gasteiger partial charge in [0, 0.05) is 18.2 Å². The van der Waals surface area contributed by atoms with Crippen molar-refractivity contribution < 1.29 is 9.90 Å². The average molecular weight is 336 g/mol. The van der Waals surface area contributed by atoms with Crippen molar-refractivity contribution in [2.45, 2.75) is 33.2 Å². The quantitative estimate of drug-likeness (QED) is 0.746. The van der Waals surface area contributed by atoms with Crippen molar-refractivity contribution in [1.82, 2.24) is 19.7 Å². The molecular formula is C19H20N4O2. The second-order valence-electron chi connectivity index (χ2n) is 5.89. The smallest absolute Gasteiger partial charge is 0.336 e. The molecule has 0 aliphatic rings. The van der Waals surface area contributed by atoms with Gasteiger partial charge >= 0.3 is 5.97 Å². The van der Waals surface area contributed by atoms with E-state index in [1.54, 1.807) is 24.4 Å². The standard InChI is InChI=1S/C19H20N4O2/c1-3-6-18-21-13(2)22-23(18)12-14-9-10-17(20-11-14)15-7-4-5-8-16(15)19(24)25/h4-5,7-11H,3,6,12H2,1-2H3,(H,24,25). The monoisotopic (exact) mass is 336 g/mol. The predicted octanol–water partition coefficient (Wildman–Crippen LogP) is 3.35. The molecule has 2 aromatic heterocycles. The normalized spacial score (nSPS) is 10.8. The lowest BCUT2D eigenvalue weighted by Crippen LogP contribution is -2.07. The van der Waals surface area contributed by atoms with Crippen LogP contribution in [-0.4, -0.2) is 30.8 Å². The largest absolute Gasteiger partial charge is 0.478 e. The molecule has 0 saturated heterocycles. The molecule has 0 radical (unpaired) electrons. The van der Waals surface area contributed by atoms with Gasteiger partial charge in [-0.2, -0.15) is 5.10 Å². The van der Waals surface area contributed by atoms with Crippen molar-refractivity contribution in [2.24, 2.45) is 0 Å². The van der Waals surface area contributed by atoms with Gasteiger partial charge in [-0.1, -0.05) is 31.2 Å². The zero-order chi connectivity index (χ0) is 17.8. The Morgan fingerprint density at radius 2 is 2.00 bits per heavy atom. The van der Waals surface area contributed by atoms with E-state index < -0.39 is 5.97 Å². The molecule has 1 aromatic carbocycles. The van der Waals surface area contributed by atoms with Gasteiger partial charge in [-0.25, -0.2) is 14.5 Å². The predicted molar refractivity (Wildman–Crippen MR) is 94.5 cm³/mol. The minimum Gasteiger partial charge on any atom is -0.478 e. The van der Waals surface area contributed by atoms with Gasteiger partial charge in [0.25, 0.3) is 0 Å². The van der Waals surface area contributed by atoms with Crippen LogP contribution in [0.2, 0.25) is 0 Å². The van der Waals surface area contributed by atoms with Crippen molar-refractivity contribution in [3.63, 3.8) is 0 Å². The molecule has 1 N–H and O–H groups in total. The number of rotatable bonds is 6. The van der Waals surface area contributed by atoms with Gasteiger partial charge in [-0.05, 0) is 31.0 Å². The molecule has 25 heavy (non-hydrogen) atoms. The number of hydrogen-bond acceptors (Lipinski definition) is 4. The number of carboxylic acid groups (broad SMARTS) is 1. The van der Waals surface area contributed by atoms with Crippen molar-refractivity contribution in [1.29, 1.82) is 0 Å². The summed E-state index contributed by atoms with van der Waals surface area (Å²) in [5.74, 6) is 0.785. The van der Waals surface area contributed by atoms with Crippen LogP contribution in [0.1, 0.15) is 40.9 Å². The summed E-state index contributed by atoms with van der Waals surface area (Å²) in [6.07, 6.45) is 3.67. The SMILES string of the molecule is CCCc1nc(C)nn1Cc1ccc(-c2ccccc2C(=O)O)nc1. The van der Waals surface area contributed by atoms with E-state index >= 15 is 0 Å². The minimum atomic E-state index is -0.955. The van der Waals surface area contributed by atoms with Crippen molar-refractivity contribution in [2.75, 3.05) is 0 Å². The van der Waals surface area contributed by atoms with Gasteiger partial charge in [0.05, 0.1) is 17.8 Å². The fourth-order valence-electron chi connectivity index (χ4n) is 2.78. The summed E-state index contributed by atoms with van der Waals surface area (Å²) in [4.78, 5) is 20.3. The van der Waals surface area contributed by atoms with Crippen LogP contribution in [0.4, 0.5) is 0 Å². The van der Waals surface area contributed by atoms with Gasteiger partial charge in [0.1, 0.15) is 11.6 Å². The number of benzene rings is 1. The van der Waals surface area contributed by atoms with Crippen LogP contribution in [-0.2, 0) is 13.0 Å². The van der Waals surface area contributed by atoms with Gasteiger partial charge < -0.3 is 5.11 Å². The lowest BCUT2D eigenvalue weighted by atomic mass is 10.0. The molecule has 6 heteroatoms. The van der Waals surface area contributed by atoms with Gasteiger partial charge in [-0.3, -0.25) is 4.98 Å². The molecule has 0 aliphatic heterocycles. The first-order chi connectivity index (χ1) is 12.1. The van der Waals surface area contributed by atoms with Crippen molar-refractivity contribution >= 4 is 5.97 Å². The van der Waals surface area contributed by atoms with E-state index in [2.05, 4.69) is 22.0 Å². The molecule has 0 fully saturated rings. The molecule has 0 unspecified atom stereocenters. The zero-order valence-corrected chi connectivity index (χ0v) is 14.3. The third-order valence-corrected chi connectivity index (χ3v) is 3.92. The first kappa shape index (κ1) is 16.8. The maximum atomic E-state index is 11.4. The lowest BCUT2D eigenvalue weighted by molar-refractivity contribution is 0.0697. The first-order valence-corrected chi connectivity index (χ1v) is 8.26. The lowest BCUT2D eigenvalue weighted by Gasteiger charge is -2.08. The number of pyridine rings is 1. The molecule has 3 aromatic rings. The molecule has 0 amide bonds. The number of carbonyl (C=O) groups is 1. The van der Waals surface area contributed by atoms with Crippen LogP contribution in [0.3, 0.4) is 0 Å². The van der Waals surface area contributed by atoms with Crippen LogP contribution in [0.25, 0.3) is 11.3 Å². The summed E-state index contributed by atoms with van der Waals surface area (Å²) >= 11 is 0. The Morgan fingerprint density at radius 1 is 1.20 bits per heavy atom. The topological polar surface area (TPSA) is 80.9 Å². The highest BCUT2D eigenvalue weighted by molar-refractivity contribution is 5.95. The second kappa shape index (κ2) is 7.25. The molecule has 3 rings (SSSR count). The molecule has 0 atom stereocenters. The first-order valence-electron chi connectivity index (χ1n) is 8.26. The Labute approximate surface area is 146 Å². The molecule has 0 bridgehead atoms. The average Bonchev–Trinajstić information content (AvgIpc) is 2.95. The Bertz CT molecular complexity index is 885. The summed E-state index contributed by atoms with van der Waals surface area (Å²) in [7, 11) is 0. The van der Waals surface area contributed by atoms with E-state index in [4.69, 9.17) is 0 Å². The zero-order valence-electron chi connectivity index (χ0n) is 14.3. The van der Waals surface area contributed by atoms with Gasteiger partial charge in [0.15, 0.2) is 0 Å². The number of hydrogen-bond donors (Lipinski definition) is 1. The molecule has 0 saturated carbocycles. The van der Waals surface area contributed by atoms with Crippen LogP contribution >= 0.6 is 0 Å². The summed E-state index contributed by atoms with van der Waals surface area (Å²) < 4.78 is 1.90. The van der Waals surface area contributed by atoms with Crippen molar-refractivity contribution in [3.05, 3.63) is 65.4 Å². The van der Waals surface area contributed by atoms with Gasteiger partial charge in [-0.15, -0.1) is 0 Å². The Balaban J connectivity index is 1.85. The summed E-state index contributed by atoms with van der Waals surface area (Å²) in [6, 6.07) is 10.7. The van der Waals surface area contributed by atoms with Gasteiger partial charge in [0.2, 0.25) is 0 Å². The molecule has 128 valence electrons. The van der Waals surface area contributed by atoms with Crippen LogP contribution in [0.15, 0.2) is 42.6 Å². The second-order valence-corrected chi connectivity index (χ2v) is 5.89. The summed E-state index contributed by atoms with van der Waals surface area (Å²) in [5, 5.41) is 13.8. The number of aromatic nitrogens is 4. The fraction of sp³-hybridized carbons (Fsp3) is 0.263. The molecule has 0 aliphatic carbocycles. The molecule has 6 nitrogen and oxygen atoms in total. The highest BCUT2D eigenvalue weighted by Gasteiger charge is 2.12. The van der Waals surface area contributed by atoms with Crippen LogP contribution in [0, 0.1) is 6.92 Å². The minimum absolute atomic E-state index is 0.250. The molecule has 2 heterocycles. The van der Waals surface area contributed by atoms with E-state index in [9.17, 15) is 9.90 Å². The van der Waals surface area contributed by atoms with E-state index in [0.29, 0.717) is 17.8 Å². The third-order valence-electron chi connectivity index (χ3n) is 3.92. The summed E-state index contributed by atoms with van der Waals surface area (Å²) in [5.41, 5.74) is 2.51. The van der Waals surface area contributed by atoms with Crippen LogP contribution < -0.4 is 0 Å². The van der Waals surface area contributed by atoms with Crippen LogP contribution in [0.5, 0.6) is 0 Å². The maximum absolute atomic E-state index is 11.4.